The van der Waals surface area contributed by atoms with Crippen molar-refractivity contribution in [3.8, 4) is 0 Å². The standard InChI is InChI=1S/C24H23F2N5O2/c25-24(26,23(32)33)17-4-3-5-19(12-17)31-10-8-18(9-11-31)28-14-16(13-27)22-15-29-20-6-1-2-7-21(20)30-22/h1-7,12-15,18H,8-11,27H2,(H,32,33). The van der Waals surface area contributed by atoms with Gasteiger partial charge < -0.3 is 15.7 Å². The second kappa shape index (κ2) is 9.32. The average Bonchev–Trinajstić information content (AvgIpc) is 2.84. The van der Waals surface area contributed by atoms with Crippen LogP contribution in [0.1, 0.15) is 24.1 Å². The van der Waals surface area contributed by atoms with Crippen molar-refractivity contribution in [3.05, 3.63) is 72.2 Å². The van der Waals surface area contributed by atoms with Crippen molar-refractivity contribution in [2.24, 2.45) is 10.7 Å². The van der Waals surface area contributed by atoms with Crippen molar-refractivity contribution in [2.75, 3.05) is 18.0 Å². The van der Waals surface area contributed by atoms with Gasteiger partial charge in [0.2, 0.25) is 0 Å². The van der Waals surface area contributed by atoms with Crippen molar-refractivity contribution < 1.29 is 18.7 Å². The van der Waals surface area contributed by atoms with Gasteiger partial charge in [-0.1, -0.05) is 24.3 Å². The summed E-state index contributed by atoms with van der Waals surface area (Å²) in [5, 5.41) is 8.79. The number of nitrogens with two attached hydrogens (primary N) is 1. The van der Waals surface area contributed by atoms with E-state index in [9.17, 15) is 13.6 Å². The summed E-state index contributed by atoms with van der Waals surface area (Å²) >= 11 is 0. The van der Waals surface area contributed by atoms with E-state index in [0.29, 0.717) is 30.0 Å². The number of hydrogen-bond donors (Lipinski definition) is 2. The van der Waals surface area contributed by atoms with Crippen LogP contribution in [0.3, 0.4) is 0 Å². The number of allylic oxidation sites excluding steroid dienone is 1. The Morgan fingerprint density at radius 2 is 1.88 bits per heavy atom. The highest BCUT2D eigenvalue weighted by Gasteiger charge is 2.41. The number of carboxylic acids is 1. The van der Waals surface area contributed by atoms with Gasteiger partial charge in [-0.3, -0.25) is 9.98 Å². The Hall–Kier alpha value is -3.88. The topological polar surface area (TPSA) is 105 Å². The summed E-state index contributed by atoms with van der Waals surface area (Å²) in [6.45, 7) is 1.23. The number of carbonyl (C=O) groups is 1. The summed E-state index contributed by atoms with van der Waals surface area (Å²) in [5.41, 5.74) is 8.72. The van der Waals surface area contributed by atoms with E-state index in [1.807, 2.05) is 29.2 Å². The molecule has 0 aliphatic carbocycles. The number of rotatable bonds is 6. The zero-order chi connectivity index (χ0) is 23.4. The summed E-state index contributed by atoms with van der Waals surface area (Å²) in [6, 6.07) is 13.1. The van der Waals surface area contributed by atoms with Crippen molar-refractivity contribution >= 4 is 34.5 Å². The highest BCUT2D eigenvalue weighted by Crippen LogP contribution is 2.32. The molecule has 1 aromatic heterocycles. The number of halogens is 2. The third kappa shape index (κ3) is 4.82. The predicted octanol–water partition coefficient (Wildman–Crippen LogP) is 3.85. The predicted molar refractivity (Wildman–Crippen MR) is 123 cm³/mol. The van der Waals surface area contributed by atoms with Crippen LogP contribution >= 0.6 is 0 Å². The normalized spacial score (nSPS) is 15.9. The molecule has 1 saturated heterocycles. The van der Waals surface area contributed by atoms with Crippen molar-refractivity contribution in [2.45, 2.75) is 24.8 Å². The van der Waals surface area contributed by atoms with Gasteiger partial charge >= 0.3 is 11.9 Å². The molecule has 0 unspecified atom stereocenters. The van der Waals surface area contributed by atoms with Gasteiger partial charge in [0.25, 0.3) is 0 Å². The van der Waals surface area contributed by atoms with E-state index in [2.05, 4.69) is 15.0 Å². The van der Waals surface area contributed by atoms with Crippen LogP contribution in [-0.2, 0) is 10.7 Å². The lowest BCUT2D eigenvalue weighted by Gasteiger charge is -2.32. The minimum Gasteiger partial charge on any atom is -0.477 e. The minimum atomic E-state index is -3.92. The summed E-state index contributed by atoms with van der Waals surface area (Å²) < 4.78 is 27.7. The molecule has 33 heavy (non-hydrogen) atoms. The summed E-state index contributed by atoms with van der Waals surface area (Å²) in [5.74, 6) is -6.08. The molecule has 0 saturated carbocycles. The third-order valence-corrected chi connectivity index (χ3v) is 5.66. The third-order valence-electron chi connectivity index (χ3n) is 5.66. The van der Waals surface area contributed by atoms with Gasteiger partial charge in [0, 0.05) is 42.3 Å². The van der Waals surface area contributed by atoms with Crippen LogP contribution in [0, 0.1) is 0 Å². The second-order valence-electron chi connectivity index (χ2n) is 7.79. The maximum absolute atomic E-state index is 13.9. The van der Waals surface area contributed by atoms with Gasteiger partial charge in [-0.2, -0.15) is 8.78 Å². The van der Waals surface area contributed by atoms with Crippen LogP contribution in [-0.4, -0.2) is 46.4 Å². The molecule has 3 N–H and O–H groups in total. The zero-order valence-electron chi connectivity index (χ0n) is 17.7. The Balaban J connectivity index is 1.41. The molecule has 2 aromatic carbocycles. The molecule has 0 spiro atoms. The quantitative estimate of drug-likeness (QED) is 0.552. The van der Waals surface area contributed by atoms with Crippen LogP contribution in [0.15, 0.2) is 65.9 Å². The summed E-state index contributed by atoms with van der Waals surface area (Å²) in [7, 11) is 0. The van der Waals surface area contributed by atoms with Gasteiger partial charge in [0.1, 0.15) is 0 Å². The number of anilines is 1. The zero-order valence-corrected chi connectivity index (χ0v) is 17.7. The van der Waals surface area contributed by atoms with Crippen LogP contribution in [0.2, 0.25) is 0 Å². The first-order chi connectivity index (χ1) is 15.9. The SMILES string of the molecule is NC=C(C=NC1CCN(c2cccc(C(F)(F)C(=O)O)c2)CC1)c1cnc2ccccc2n1. The number of hydrogen-bond acceptors (Lipinski definition) is 6. The van der Waals surface area contributed by atoms with E-state index in [4.69, 9.17) is 10.8 Å². The highest BCUT2D eigenvalue weighted by molar-refractivity contribution is 6.09. The van der Waals surface area contributed by atoms with Gasteiger partial charge in [0.15, 0.2) is 0 Å². The number of fused-ring (bicyclic) bond motifs is 1. The van der Waals surface area contributed by atoms with E-state index in [1.165, 1.54) is 18.3 Å². The molecular weight excluding hydrogens is 428 g/mol. The number of aliphatic carboxylic acids is 1. The largest absolute Gasteiger partial charge is 0.477 e. The lowest BCUT2D eigenvalue weighted by atomic mass is 10.0. The van der Waals surface area contributed by atoms with E-state index >= 15 is 0 Å². The van der Waals surface area contributed by atoms with Crippen LogP contribution in [0.5, 0.6) is 0 Å². The molecule has 0 radical (unpaired) electrons. The summed E-state index contributed by atoms with van der Waals surface area (Å²) in [6.07, 6.45) is 6.25. The van der Waals surface area contributed by atoms with E-state index in [0.717, 1.165) is 29.9 Å². The van der Waals surface area contributed by atoms with Crippen molar-refractivity contribution in [1.29, 1.82) is 0 Å². The monoisotopic (exact) mass is 451 g/mol. The molecule has 0 atom stereocenters. The average molecular weight is 451 g/mol. The van der Waals surface area contributed by atoms with Gasteiger partial charge in [-0.15, -0.1) is 0 Å². The van der Waals surface area contributed by atoms with E-state index in [1.54, 1.807) is 18.5 Å². The molecule has 1 fully saturated rings. The fourth-order valence-corrected chi connectivity index (χ4v) is 3.77. The Bertz CT molecular complexity index is 1220. The molecular formula is C24H23F2N5O2. The molecule has 4 rings (SSSR count). The molecule has 3 aromatic rings. The fraction of sp³-hybridized carbons (Fsp3) is 0.250. The molecule has 7 nitrogen and oxygen atoms in total. The molecule has 0 bridgehead atoms. The first kappa shape index (κ1) is 22.3. The maximum Gasteiger partial charge on any atom is 0.379 e. The summed E-state index contributed by atoms with van der Waals surface area (Å²) in [4.78, 5) is 26.5. The molecule has 1 aliphatic heterocycles. The molecule has 9 heteroatoms. The van der Waals surface area contributed by atoms with Gasteiger partial charge in [-0.05, 0) is 37.1 Å². The molecule has 0 amide bonds. The van der Waals surface area contributed by atoms with Crippen LogP contribution in [0.25, 0.3) is 16.6 Å². The lowest BCUT2D eigenvalue weighted by molar-refractivity contribution is -0.166. The number of piperidine rings is 1. The first-order valence-corrected chi connectivity index (χ1v) is 10.5. The maximum atomic E-state index is 13.9. The van der Waals surface area contributed by atoms with Gasteiger partial charge in [0.05, 0.1) is 29.0 Å². The Labute approximate surface area is 189 Å². The second-order valence-corrected chi connectivity index (χ2v) is 7.79. The van der Waals surface area contributed by atoms with Crippen LogP contribution < -0.4 is 10.6 Å². The van der Waals surface area contributed by atoms with Crippen LogP contribution in [0.4, 0.5) is 14.5 Å². The number of para-hydroxylation sites is 2. The number of aromatic nitrogens is 2. The van der Waals surface area contributed by atoms with E-state index < -0.39 is 17.5 Å². The number of aliphatic imine (C=N–C) groups is 1. The van der Waals surface area contributed by atoms with Gasteiger partial charge in [-0.25, -0.2) is 9.78 Å². The molecule has 1 aliphatic rings. The van der Waals surface area contributed by atoms with Crippen molar-refractivity contribution in [3.63, 3.8) is 0 Å². The Kier molecular flexibility index (Phi) is 6.30. The number of carboxylic acid groups (broad SMARTS) is 1. The van der Waals surface area contributed by atoms with E-state index in [-0.39, 0.29) is 6.04 Å². The molecule has 2 heterocycles. The highest BCUT2D eigenvalue weighted by atomic mass is 19.3. The number of nitrogens with zero attached hydrogens (tertiary/aromatic N) is 4. The number of alkyl halides is 2. The van der Waals surface area contributed by atoms with Crippen molar-refractivity contribution in [1.82, 2.24) is 9.97 Å². The minimum absolute atomic E-state index is 0.0493. The lowest BCUT2D eigenvalue weighted by Crippen LogP contribution is -2.35. The number of benzene rings is 2. The first-order valence-electron chi connectivity index (χ1n) is 10.5. The Morgan fingerprint density at radius 3 is 2.58 bits per heavy atom. The Morgan fingerprint density at radius 1 is 1.15 bits per heavy atom. The molecule has 170 valence electrons. The fourth-order valence-electron chi connectivity index (χ4n) is 3.77. The smallest absolute Gasteiger partial charge is 0.379 e.